The van der Waals surface area contributed by atoms with E-state index in [0.29, 0.717) is 5.52 Å². The normalized spacial score (nSPS) is 12.1. The Labute approximate surface area is 130 Å². The molecule has 1 heterocycles. The zero-order valence-electron chi connectivity index (χ0n) is 12.0. The molecule has 4 heteroatoms. The highest BCUT2D eigenvalue weighted by Crippen LogP contribution is 2.34. The summed E-state index contributed by atoms with van der Waals surface area (Å²) >= 11 is 0. The van der Waals surface area contributed by atoms with Crippen LogP contribution in [0.15, 0.2) is 66.7 Å². The zero-order valence-corrected chi connectivity index (χ0v) is 12.0. The van der Waals surface area contributed by atoms with E-state index in [9.17, 15) is 13.2 Å². The first-order valence-electron chi connectivity index (χ1n) is 7.20. The number of rotatable bonds is 1. The second-order valence-electron chi connectivity index (χ2n) is 5.51. The van der Waals surface area contributed by atoms with Crippen LogP contribution in [-0.2, 0) is 6.18 Å². The van der Waals surface area contributed by atoms with Gasteiger partial charge in [-0.2, -0.15) is 13.2 Å². The van der Waals surface area contributed by atoms with Crippen LogP contribution in [0.4, 0.5) is 13.2 Å². The summed E-state index contributed by atoms with van der Waals surface area (Å²) in [6.45, 7) is 0. The van der Waals surface area contributed by atoms with Gasteiger partial charge >= 0.3 is 6.18 Å². The fourth-order valence-corrected chi connectivity index (χ4v) is 2.91. The summed E-state index contributed by atoms with van der Waals surface area (Å²) in [6, 6.07) is 19.5. The number of halogens is 3. The van der Waals surface area contributed by atoms with Crippen molar-refractivity contribution in [1.82, 2.24) is 4.98 Å². The van der Waals surface area contributed by atoms with Crippen LogP contribution in [0.25, 0.3) is 32.9 Å². The van der Waals surface area contributed by atoms with Crippen molar-refractivity contribution in [2.24, 2.45) is 0 Å². The van der Waals surface area contributed by atoms with Crippen LogP contribution in [0, 0.1) is 0 Å². The molecule has 0 aliphatic carbocycles. The molecule has 0 saturated carbocycles. The minimum absolute atomic E-state index is 0.489. The summed E-state index contributed by atoms with van der Waals surface area (Å²) in [6.07, 6.45) is -4.33. The van der Waals surface area contributed by atoms with E-state index in [1.165, 1.54) is 6.07 Å². The van der Waals surface area contributed by atoms with Crippen molar-refractivity contribution < 1.29 is 13.2 Å². The molecule has 23 heavy (non-hydrogen) atoms. The topological polar surface area (TPSA) is 15.8 Å². The standard InChI is InChI=1S/C19H12F3N/c20-19(21,22)14-9-8-13-10-18(23-17(13)11-14)16-7-3-5-12-4-1-2-6-15(12)16/h1-11,23H. The molecular formula is C19H12F3N. The molecule has 1 N–H and O–H groups in total. The van der Waals surface area contributed by atoms with Gasteiger partial charge in [0.2, 0.25) is 0 Å². The second-order valence-corrected chi connectivity index (χ2v) is 5.51. The third-order valence-corrected chi connectivity index (χ3v) is 4.03. The van der Waals surface area contributed by atoms with Crippen LogP contribution in [0.3, 0.4) is 0 Å². The summed E-state index contributed by atoms with van der Waals surface area (Å²) < 4.78 is 38.5. The summed E-state index contributed by atoms with van der Waals surface area (Å²) in [5.41, 5.74) is 1.64. The van der Waals surface area contributed by atoms with Gasteiger partial charge < -0.3 is 4.98 Å². The van der Waals surface area contributed by atoms with Crippen molar-refractivity contribution in [1.29, 1.82) is 0 Å². The maximum atomic E-state index is 12.8. The largest absolute Gasteiger partial charge is 0.416 e. The van der Waals surface area contributed by atoms with Gasteiger partial charge in [-0.15, -0.1) is 0 Å². The third kappa shape index (κ3) is 2.36. The van der Waals surface area contributed by atoms with E-state index in [-0.39, 0.29) is 0 Å². The van der Waals surface area contributed by atoms with Gasteiger partial charge in [-0.1, -0.05) is 48.5 Å². The number of H-pyrrole nitrogens is 1. The van der Waals surface area contributed by atoms with Crippen LogP contribution in [0.5, 0.6) is 0 Å². The van der Waals surface area contributed by atoms with Gasteiger partial charge in [-0.05, 0) is 29.0 Å². The number of hydrogen-bond donors (Lipinski definition) is 1. The lowest BCUT2D eigenvalue weighted by molar-refractivity contribution is -0.137. The van der Waals surface area contributed by atoms with Crippen molar-refractivity contribution >= 4 is 21.7 Å². The molecule has 1 aromatic heterocycles. The van der Waals surface area contributed by atoms with Gasteiger partial charge in [0.25, 0.3) is 0 Å². The summed E-state index contributed by atoms with van der Waals surface area (Å²) in [7, 11) is 0. The van der Waals surface area contributed by atoms with E-state index < -0.39 is 11.7 Å². The van der Waals surface area contributed by atoms with Crippen molar-refractivity contribution in [3.05, 3.63) is 72.3 Å². The smallest absolute Gasteiger partial charge is 0.354 e. The van der Waals surface area contributed by atoms with E-state index >= 15 is 0 Å². The maximum absolute atomic E-state index is 12.8. The molecule has 0 aliphatic heterocycles. The average Bonchev–Trinajstić information content (AvgIpc) is 2.96. The molecule has 3 aromatic carbocycles. The Balaban J connectivity index is 1.92. The zero-order chi connectivity index (χ0) is 16.0. The molecule has 1 nitrogen and oxygen atoms in total. The van der Waals surface area contributed by atoms with E-state index in [4.69, 9.17) is 0 Å². The Bertz CT molecular complexity index is 1010. The fourth-order valence-electron chi connectivity index (χ4n) is 2.91. The molecule has 0 atom stereocenters. The van der Waals surface area contributed by atoms with E-state index in [1.807, 2.05) is 48.5 Å². The van der Waals surface area contributed by atoms with Gasteiger partial charge in [-0.3, -0.25) is 0 Å². The molecule has 4 aromatic rings. The van der Waals surface area contributed by atoms with Crippen LogP contribution in [0.2, 0.25) is 0 Å². The van der Waals surface area contributed by atoms with Crippen molar-refractivity contribution in [3.63, 3.8) is 0 Å². The van der Waals surface area contributed by atoms with Crippen molar-refractivity contribution in [3.8, 4) is 11.3 Å². The Hall–Kier alpha value is -2.75. The molecule has 0 aliphatic rings. The summed E-state index contributed by atoms with van der Waals surface area (Å²) in [4.78, 5) is 3.12. The highest BCUT2D eigenvalue weighted by atomic mass is 19.4. The summed E-state index contributed by atoms with van der Waals surface area (Å²) in [5, 5.41) is 2.93. The Morgan fingerprint density at radius 2 is 1.52 bits per heavy atom. The molecule has 0 unspecified atom stereocenters. The molecule has 0 saturated heterocycles. The lowest BCUT2D eigenvalue weighted by atomic mass is 10.0. The number of benzene rings is 3. The fraction of sp³-hybridized carbons (Fsp3) is 0.0526. The molecule has 0 bridgehead atoms. The molecular weight excluding hydrogens is 299 g/mol. The second kappa shape index (κ2) is 4.88. The van der Waals surface area contributed by atoms with Crippen molar-refractivity contribution in [2.75, 3.05) is 0 Å². The number of hydrogen-bond acceptors (Lipinski definition) is 0. The van der Waals surface area contributed by atoms with Crippen LogP contribution < -0.4 is 0 Å². The molecule has 0 fully saturated rings. The third-order valence-electron chi connectivity index (χ3n) is 4.03. The Morgan fingerprint density at radius 1 is 0.739 bits per heavy atom. The Kier molecular flexibility index (Phi) is 2.94. The van der Waals surface area contributed by atoms with Gasteiger partial charge in [-0.25, -0.2) is 0 Å². The SMILES string of the molecule is FC(F)(F)c1ccc2cc(-c3cccc4ccccc34)[nH]c2c1. The predicted octanol–water partition coefficient (Wildman–Crippen LogP) is 6.01. The van der Waals surface area contributed by atoms with E-state index in [0.717, 1.165) is 39.5 Å². The predicted molar refractivity (Wildman–Crippen MR) is 86.2 cm³/mol. The van der Waals surface area contributed by atoms with Crippen LogP contribution in [-0.4, -0.2) is 4.98 Å². The quantitative estimate of drug-likeness (QED) is 0.443. The molecule has 0 amide bonds. The molecule has 0 radical (unpaired) electrons. The molecule has 0 spiro atoms. The van der Waals surface area contributed by atoms with Crippen molar-refractivity contribution in [2.45, 2.75) is 6.18 Å². The number of aromatic amines is 1. The number of alkyl halides is 3. The van der Waals surface area contributed by atoms with Crippen LogP contribution in [0.1, 0.15) is 5.56 Å². The monoisotopic (exact) mass is 311 g/mol. The first kappa shape index (κ1) is 13.9. The maximum Gasteiger partial charge on any atom is 0.416 e. The van der Waals surface area contributed by atoms with Gasteiger partial charge in [0.15, 0.2) is 0 Å². The van der Waals surface area contributed by atoms with E-state index in [2.05, 4.69) is 4.98 Å². The van der Waals surface area contributed by atoms with Gasteiger partial charge in [0, 0.05) is 22.2 Å². The minimum atomic E-state index is -4.33. The number of nitrogens with one attached hydrogen (secondary N) is 1. The highest BCUT2D eigenvalue weighted by molar-refractivity contribution is 5.98. The number of fused-ring (bicyclic) bond motifs is 2. The Morgan fingerprint density at radius 3 is 2.35 bits per heavy atom. The molecule has 4 rings (SSSR count). The summed E-state index contributed by atoms with van der Waals surface area (Å²) in [5.74, 6) is 0. The lowest BCUT2D eigenvalue weighted by Crippen LogP contribution is -2.03. The van der Waals surface area contributed by atoms with Gasteiger partial charge in [0.1, 0.15) is 0 Å². The first-order valence-corrected chi connectivity index (χ1v) is 7.20. The molecule has 114 valence electrons. The highest BCUT2D eigenvalue weighted by Gasteiger charge is 2.30. The minimum Gasteiger partial charge on any atom is -0.354 e. The van der Waals surface area contributed by atoms with Crippen LogP contribution >= 0.6 is 0 Å². The average molecular weight is 311 g/mol. The van der Waals surface area contributed by atoms with E-state index in [1.54, 1.807) is 0 Å². The first-order chi connectivity index (χ1) is 11.0. The van der Waals surface area contributed by atoms with Gasteiger partial charge in [0.05, 0.1) is 5.56 Å². The number of aromatic nitrogens is 1. The lowest BCUT2D eigenvalue weighted by Gasteiger charge is -2.05.